The first-order chi connectivity index (χ1) is 18.7. The first-order valence-corrected chi connectivity index (χ1v) is 15.3. The molecule has 0 nitrogen and oxygen atoms in total. The van der Waals surface area contributed by atoms with Crippen LogP contribution in [0.25, 0.3) is 63.3 Å². The molecule has 0 aliphatic rings. The second kappa shape index (κ2) is 10.7. The van der Waals surface area contributed by atoms with E-state index >= 15 is 0 Å². The SMILES string of the molecule is C=Cc1c(/C=C\C)cccc1-c1ccc(-c2sc(-c3ccc(-c4cccc5ccccc45)s3)cc2CC)s1. The van der Waals surface area contributed by atoms with Gasteiger partial charge in [0.15, 0.2) is 0 Å². The van der Waals surface area contributed by atoms with Crippen LogP contribution < -0.4 is 0 Å². The maximum Gasteiger partial charge on any atom is 0.0481 e. The van der Waals surface area contributed by atoms with Crippen molar-refractivity contribution in [1.82, 2.24) is 0 Å². The number of benzene rings is 3. The van der Waals surface area contributed by atoms with Crippen molar-refractivity contribution in [2.75, 3.05) is 0 Å². The van der Waals surface area contributed by atoms with Gasteiger partial charge >= 0.3 is 0 Å². The Morgan fingerprint density at radius 3 is 2.18 bits per heavy atom. The molecule has 3 heterocycles. The monoisotopic (exact) mass is 544 g/mol. The molecule has 3 aromatic heterocycles. The lowest BCUT2D eigenvalue weighted by Crippen LogP contribution is -1.85. The quantitative estimate of drug-likeness (QED) is 0.187. The number of aryl methyl sites for hydroxylation is 1. The predicted molar refractivity (Wildman–Crippen MR) is 173 cm³/mol. The first kappa shape index (κ1) is 24.8. The fourth-order valence-corrected chi connectivity index (χ4v) is 8.60. The number of hydrogen-bond acceptors (Lipinski definition) is 3. The van der Waals surface area contributed by atoms with E-state index in [4.69, 9.17) is 0 Å². The summed E-state index contributed by atoms with van der Waals surface area (Å²) in [5.74, 6) is 0. The average Bonchev–Trinajstić information content (AvgIpc) is 3.72. The standard InChI is InChI=1S/C35H28S3/c1-4-11-24-13-9-16-28(26(24)6-3)30-19-21-33(37-30)35-23(5-2)22-34(38-35)32-20-18-31(36-32)29-17-10-14-25-12-7-8-15-27(25)29/h4,6-22H,3,5H2,1-2H3/b11-4-. The lowest BCUT2D eigenvalue weighted by atomic mass is 9.99. The number of hydrogen-bond donors (Lipinski definition) is 0. The van der Waals surface area contributed by atoms with Gasteiger partial charge < -0.3 is 0 Å². The normalized spacial score (nSPS) is 11.5. The van der Waals surface area contributed by atoms with Gasteiger partial charge in [-0.15, -0.1) is 34.0 Å². The van der Waals surface area contributed by atoms with Crippen molar-refractivity contribution in [1.29, 1.82) is 0 Å². The van der Waals surface area contributed by atoms with Crippen LogP contribution in [0.15, 0.2) is 104 Å². The minimum absolute atomic E-state index is 1.02. The van der Waals surface area contributed by atoms with Gasteiger partial charge in [0.1, 0.15) is 0 Å². The summed E-state index contributed by atoms with van der Waals surface area (Å²) in [4.78, 5) is 8.02. The Morgan fingerprint density at radius 2 is 1.37 bits per heavy atom. The second-order valence-electron chi connectivity index (χ2n) is 9.19. The van der Waals surface area contributed by atoms with Gasteiger partial charge in [0, 0.05) is 29.3 Å². The summed E-state index contributed by atoms with van der Waals surface area (Å²) in [6.45, 7) is 8.42. The van der Waals surface area contributed by atoms with E-state index in [9.17, 15) is 0 Å². The zero-order chi connectivity index (χ0) is 26.1. The zero-order valence-corrected chi connectivity index (χ0v) is 24.0. The minimum atomic E-state index is 1.02. The molecule has 3 aromatic carbocycles. The Morgan fingerprint density at radius 1 is 0.684 bits per heavy atom. The molecule has 0 amide bonds. The molecule has 0 spiro atoms. The molecule has 0 aliphatic heterocycles. The Balaban J connectivity index is 1.36. The highest BCUT2D eigenvalue weighted by atomic mass is 32.1. The van der Waals surface area contributed by atoms with Crippen LogP contribution in [0.1, 0.15) is 30.5 Å². The van der Waals surface area contributed by atoms with E-state index in [2.05, 4.69) is 124 Å². The summed E-state index contributed by atoms with van der Waals surface area (Å²) in [7, 11) is 0. The average molecular weight is 545 g/mol. The van der Waals surface area contributed by atoms with E-state index < -0.39 is 0 Å². The first-order valence-electron chi connectivity index (χ1n) is 12.9. The molecule has 0 N–H and O–H groups in total. The molecule has 0 saturated heterocycles. The summed E-state index contributed by atoms with van der Waals surface area (Å²) < 4.78 is 0. The lowest BCUT2D eigenvalue weighted by molar-refractivity contribution is 1.16. The Labute approximate surface area is 236 Å². The molecular weight excluding hydrogens is 517 g/mol. The van der Waals surface area contributed by atoms with Gasteiger partial charge in [-0.3, -0.25) is 0 Å². The van der Waals surface area contributed by atoms with Crippen molar-refractivity contribution in [2.45, 2.75) is 20.3 Å². The van der Waals surface area contributed by atoms with Gasteiger partial charge in [0.05, 0.1) is 0 Å². The van der Waals surface area contributed by atoms with Crippen LogP contribution in [-0.4, -0.2) is 0 Å². The molecule has 0 fully saturated rings. The molecule has 0 atom stereocenters. The number of fused-ring (bicyclic) bond motifs is 1. The highest BCUT2D eigenvalue weighted by Gasteiger charge is 2.17. The smallest absolute Gasteiger partial charge is 0.0481 e. The maximum absolute atomic E-state index is 4.10. The largest absolute Gasteiger partial charge is 0.134 e. The van der Waals surface area contributed by atoms with Gasteiger partial charge in [0.2, 0.25) is 0 Å². The molecular formula is C35H28S3. The van der Waals surface area contributed by atoms with Crippen LogP contribution in [0, 0.1) is 0 Å². The molecule has 3 heteroatoms. The summed E-state index contributed by atoms with van der Waals surface area (Å²) in [5, 5.41) is 2.60. The summed E-state index contributed by atoms with van der Waals surface area (Å²) in [5.41, 5.74) is 6.39. The van der Waals surface area contributed by atoms with E-state index in [-0.39, 0.29) is 0 Å². The van der Waals surface area contributed by atoms with E-state index in [0.29, 0.717) is 0 Å². The molecule has 0 saturated carbocycles. The van der Waals surface area contributed by atoms with Gasteiger partial charge in [-0.05, 0) is 82.3 Å². The molecule has 0 unspecified atom stereocenters. The van der Waals surface area contributed by atoms with Crippen LogP contribution in [0.2, 0.25) is 0 Å². The third kappa shape index (κ3) is 4.52. The molecule has 0 radical (unpaired) electrons. The summed E-state index contributed by atoms with van der Waals surface area (Å²) >= 11 is 5.69. The Bertz CT molecular complexity index is 1780. The second-order valence-corrected chi connectivity index (χ2v) is 12.4. The van der Waals surface area contributed by atoms with Crippen LogP contribution in [-0.2, 0) is 6.42 Å². The van der Waals surface area contributed by atoms with E-state index in [1.165, 1.54) is 67.9 Å². The van der Waals surface area contributed by atoms with Gasteiger partial charge in [-0.1, -0.05) is 92.4 Å². The molecule has 0 aliphatic carbocycles. The number of thiophene rings is 3. The third-order valence-corrected chi connectivity index (χ3v) is 10.7. The van der Waals surface area contributed by atoms with Crippen LogP contribution >= 0.6 is 34.0 Å². The topological polar surface area (TPSA) is 0 Å². The lowest BCUT2D eigenvalue weighted by Gasteiger charge is -2.07. The number of rotatable bonds is 7. The van der Waals surface area contributed by atoms with Crippen LogP contribution in [0.5, 0.6) is 0 Å². The van der Waals surface area contributed by atoms with Gasteiger partial charge in [-0.25, -0.2) is 0 Å². The Hall–Kier alpha value is -3.50. The molecule has 6 rings (SSSR count). The number of allylic oxidation sites excluding steroid dienone is 1. The summed E-state index contributed by atoms with van der Waals surface area (Å²) in [6.07, 6.45) is 7.25. The van der Waals surface area contributed by atoms with Crippen molar-refractivity contribution in [3.05, 3.63) is 120 Å². The van der Waals surface area contributed by atoms with Crippen molar-refractivity contribution in [3.63, 3.8) is 0 Å². The van der Waals surface area contributed by atoms with Crippen molar-refractivity contribution in [2.24, 2.45) is 0 Å². The fourth-order valence-electron chi connectivity index (χ4n) is 5.03. The summed E-state index contributed by atoms with van der Waals surface area (Å²) in [6, 6.07) is 33.3. The van der Waals surface area contributed by atoms with E-state index in [1.54, 1.807) is 0 Å². The maximum atomic E-state index is 4.10. The molecule has 6 aromatic rings. The molecule has 0 bridgehead atoms. The highest BCUT2D eigenvalue weighted by molar-refractivity contribution is 7.28. The molecule has 38 heavy (non-hydrogen) atoms. The minimum Gasteiger partial charge on any atom is -0.134 e. The fraction of sp³-hybridized carbons (Fsp3) is 0.0857. The van der Waals surface area contributed by atoms with Gasteiger partial charge in [-0.2, -0.15) is 0 Å². The predicted octanol–water partition coefficient (Wildman–Crippen LogP) is 11.9. The van der Waals surface area contributed by atoms with E-state index in [0.717, 1.165) is 6.42 Å². The zero-order valence-electron chi connectivity index (χ0n) is 21.5. The highest BCUT2D eigenvalue weighted by Crippen LogP contribution is 2.46. The van der Waals surface area contributed by atoms with E-state index in [1.807, 2.05) is 40.1 Å². The van der Waals surface area contributed by atoms with Gasteiger partial charge in [0.25, 0.3) is 0 Å². The Kier molecular flexibility index (Phi) is 6.99. The molecule has 186 valence electrons. The van der Waals surface area contributed by atoms with Crippen LogP contribution in [0.3, 0.4) is 0 Å². The van der Waals surface area contributed by atoms with Crippen molar-refractivity contribution >= 4 is 56.9 Å². The van der Waals surface area contributed by atoms with Crippen LogP contribution in [0.4, 0.5) is 0 Å². The third-order valence-electron chi connectivity index (χ3n) is 6.88. The van der Waals surface area contributed by atoms with Crippen molar-refractivity contribution < 1.29 is 0 Å². The van der Waals surface area contributed by atoms with Crippen molar-refractivity contribution in [3.8, 4) is 40.4 Å².